The van der Waals surface area contributed by atoms with Crippen molar-refractivity contribution in [3.63, 3.8) is 0 Å². The molecule has 2 bridgehead atoms. The number of fused-ring (bicyclic) bond motifs is 2. The van der Waals surface area contributed by atoms with Crippen molar-refractivity contribution < 1.29 is 24.2 Å². The lowest BCUT2D eigenvalue weighted by atomic mass is 10.0. The number of hydrogen-bond donors (Lipinski definition) is 1. The molecule has 10 heteroatoms. The number of benzene rings is 1. The first-order valence-corrected chi connectivity index (χ1v) is 11.7. The Bertz CT molecular complexity index is 947. The van der Waals surface area contributed by atoms with Crippen LogP contribution in [-0.2, 0) is 22.7 Å². The molecule has 1 aromatic heterocycles. The smallest absolute Gasteiger partial charge is 0.410 e. The maximum Gasteiger partial charge on any atom is 0.415 e. The molecule has 2 aromatic rings. The summed E-state index contributed by atoms with van der Waals surface area (Å²) in [6.45, 7) is 7.11. The van der Waals surface area contributed by atoms with E-state index in [1.54, 1.807) is 28.8 Å². The molecule has 186 valence electrons. The summed E-state index contributed by atoms with van der Waals surface area (Å²) in [4.78, 5) is 28.8. The second kappa shape index (κ2) is 11.9. The van der Waals surface area contributed by atoms with E-state index in [2.05, 4.69) is 10.3 Å². The number of likely N-dealkylation sites (N-methyl/N-ethyl adjacent to an activating group) is 1. The van der Waals surface area contributed by atoms with Crippen LogP contribution in [0.25, 0.3) is 0 Å². The molecule has 0 spiro atoms. The number of carbonyl (C=O) groups excluding carboxylic acids is 2. The normalized spacial score (nSPS) is 20.6. The lowest BCUT2D eigenvalue weighted by Crippen LogP contribution is -2.48. The summed E-state index contributed by atoms with van der Waals surface area (Å²) in [5, 5.41) is 18.0. The Morgan fingerprint density at radius 1 is 1.35 bits per heavy atom. The Labute approximate surface area is 200 Å². The van der Waals surface area contributed by atoms with Crippen LogP contribution in [0, 0.1) is 12.8 Å². The number of carbonyl (C=O) groups is 2. The highest BCUT2D eigenvalue weighted by molar-refractivity contribution is 5.76. The van der Waals surface area contributed by atoms with Crippen LogP contribution in [0.5, 0.6) is 5.75 Å². The van der Waals surface area contributed by atoms with E-state index in [1.807, 2.05) is 39.1 Å². The summed E-state index contributed by atoms with van der Waals surface area (Å²) in [6, 6.07) is 6.95. The third-order valence-electron chi connectivity index (χ3n) is 6.04. The molecule has 34 heavy (non-hydrogen) atoms. The zero-order chi connectivity index (χ0) is 24.7. The van der Waals surface area contributed by atoms with Gasteiger partial charge in [-0.3, -0.25) is 9.48 Å². The molecule has 0 saturated heterocycles. The van der Waals surface area contributed by atoms with Gasteiger partial charge in [-0.25, -0.2) is 4.79 Å². The van der Waals surface area contributed by atoms with Crippen LogP contribution in [0.4, 0.5) is 4.79 Å². The zero-order valence-corrected chi connectivity index (χ0v) is 20.4. The fraction of sp³-hybridized carbons (Fsp3) is 0.583. The fourth-order valence-corrected chi connectivity index (χ4v) is 3.82. The molecule has 2 amide bonds. The highest BCUT2D eigenvalue weighted by Gasteiger charge is 2.29. The second-order valence-corrected chi connectivity index (χ2v) is 9.04. The first kappa shape index (κ1) is 25.6. The van der Waals surface area contributed by atoms with Gasteiger partial charge in [-0.2, -0.15) is 0 Å². The van der Waals surface area contributed by atoms with E-state index in [4.69, 9.17) is 9.47 Å². The van der Waals surface area contributed by atoms with Crippen LogP contribution >= 0.6 is 0 Å². The molecule has 0 saturated carbocycles. The summed E-state index contributed by atoms with van der Waals surface area (Å²) in [5.41, 5.74) is 1.76. The highest BCUT2D eigenvalue weighted by atomic mass is 16.6. The molecule has 1 aliphatic rings. The van der Waals surface area contributed by atoms with Crippen LogP contribution < -0.4 is 4.74 Å². The molecule has 3 atom stereocenters. The van der Waals surface area contributed by atoms with Gasteiger partial charge in [0.25, 0.3) is 0 Å². The van der Waals surface area contributed by atoms with Crippen LogP contribution in [0.1, 0.15) is 37.9 Å². The third-order valence-corrected chi connectivity index (χ3v) is 6.04. The lowest BCUT2D eigenvalue weighted by Gasteiger charge is -2.35. The summed E-state index contributed by atoms with van der Waals surface area (Å²) in [5.74, 6) is 0.318. The van der Waals surface area contributed by atoms with Gasteiger partial charge in [0.2, 0.25) is 5.91 Å². The largest absolute Gasteiger partial charge is 0.415 e. The Kier molecular flexibility index (Phi) is 9.00. The molecular formula is C24H35N5O5. The van der Waals surface area contributed by atoms with Crippen LogP contribution in [0.3, 0.4) is 0 Å². The molecule has 0 aliphatic carbocycles. The number of hydrogen-bond acceptors (Lipinski definition) is 7. The van der Waals surface area contributed by atoms with Crippen LogP contribution in [0.2, 0.25) is 0 Å². The average molecular weight is 474 g/mol. The predicted molar refractivity (Wildman–Crippen MR) is 125 cm³/mol. The van der Waals surface area contributed by atoms with E-state index in [9.17, 15) is 14.7 Å². The van der Waals surface area contributed by atoms with Gasteiger partial charge in [0, 0.05) is 32.5 Å². The Balaban J connectivity index is 1.75. The van der Waals surface area contributed by atoms with Crippen LogP contribution in [0.15, 0.2) is 30.5 Å². The van der Waals surface area contributed by atoms with E-state index in [0.717, 1.165) is 5.56 Å². The molecule has 1 aromatic carbocycles. The zero-order valence-electron chi connectivity index (χ0n) is 20.4. The van der Waals surface area contributed by atoms with Crippen molar-refractivity contribution in [1.82, 2.24) is 24.8 Å². The number of aromatic nitrogens is 3. The maximum atomic E-state index is 12.9. The summed E-state index contributed by atoms with van der Waals surface area (Å²) in [6.07, 6.45) is 1.89. The topological polar surface area (TPSA) is 110 Å². The quantitative estimate of drug-likeness (QED) is 0.709. The highest BCUT2D eigenvalue weighted by Crippen LogP contribution is 2.18. The van der Waals surface area contributed by atoms with Gasteiger partial charge < -0.3 is 24.4 Å². The van der Waals surface area contributed by atoms with Crippen molar-refractivity contribution in [3.05, 3.63) is 41.7 Å². The molecule has 0 fully saturated rings. The number of aliphatic hydroxyl groups is 1. The van der Waals surface area contributed by atoms with Gasteiger partial charge in [-0.05, 0) is 32.4 Å². The number of rotatable bonds is 5. The minimum absolute atomic E-state index is 0.0288. The first-order valence-electron chi connectivity index (χ1n) is 11.7. The molecule has 2 heterocycles. The third kappa shape index (κ3) is 7.01. The average Bonchev–Trinajstić information content (AvgIpc) is 3.27. The molecule has 10 nitrogen and oxygen atoms in total. The summed E-state index contributed by atoms with van der Waals surface area (Å²) < 4.78 is 13.4. The molecule has 0 radical (unpaired) electrons. The van der Waals surface area contributed by atoms with Gasteiger partial charge in [-0.1, -0.05) is 29.8 Å². The van der Waals surface area contributed by atoms with E-state index in [0.29, 0.717) is 37.4 Å². The van der Waals surface area contributed by atoms with Gasteiger partial charge in [0.1, 0.15) is 11.4 Å². The molecule has 0 unspecified atom stereocenters. The number of amides is 2. The van der Waals surface area contributed by atoms with E-state index in [-0.39, 0.29) is 37.6 Å². The minimum Gasteiger partial charge on any atom is -0.410 e. The van der Waals surface area contributed by atoms with Gasteiger partial charge in [-0.15, -0.1) is 5.10 Å². The fourth-order valence-electron chi connectivity index (χ4n) is 3.82. The van der Waals surface area contributed by atoms with E-state index >= 15 is 0 Å². The van der Waals surface area contributed by atoms with E-state index < -0.39 is 12.2 Å². The molecule has 1 aliphatic heterocycles. The van der Waals surface area contributed by atoms with Gasteiger partial charge >= 0.3 is 6.09 Å². The monoisotopic (exact) mass is 473 g/mol. The summed E-state index contributed by atoms with van der Waals surface area (Å²) in [7, 11) is 1.66. The van der Waals surface area contributed by atoms with Crippen molar-refractivity contribution >= 4 is 12.0 Å². The van der Waals surface area contributed by atoms with Crippen molar-refractivity contribution in [1.29, 1.82) is 0 Å². The Morgan fingerprint density at radius 2 is 2.09 bits per heavy atom. The van der Waals surface area contributed by atoms with E-state index in [1.165, 1.54) is 4.90 Å². The molecule has 1 N–H and O–H groups in total. The van der Waals surface area contributed by atoms with Crippen molar-refractivity contribution in [2.75, 3.05) is 26.7 Å². The first-order chi connectivity index (χ1) is 16.3. The van der Waals surface area contributed by atoms with Gasteiger partial charge in [0.05, 0.1) is 38.1 Å². The number of ether oxygens (including phenoxy) is 2. The van der Waals surface area contributed by atoms with Crippen molar-refractivity contribution in [3.8, 4) is 5.75 Å². The second-order valence-electron chi connectivity index (χ2n) is 9.04. The molecule has 3 rings (SSSR count). The summed E-state index contributed by atoms with van der Waals surface area (Å²) >= 11 is 0. The minimum atomic E-state index is -0.495. The maximum absolute atomic E-state index is 12.9. The van der Waals surface area contributed by atoms with Gasteiger partial charge in [0.15, 0.2) is 0 Å². The van der Waals surface area contributed by atoms with Crippen LogP contribution in [-0.4, -0.2) is 80.8 Å². The number of aliphatic hydroxyl groups excluding tert-OH is 1. The number of nitrogens with zero attached hydrogens (tertiary/aromatic N) is 5. The molecular weight excluding hydrogens is 438 g/mol. The SMILES string of the molecule is Cc1ccc(OC(=O)N(C)C[C@@H]2OCc3cn(nn3)CCCC(=O)N([C@@H](C)CO)C[C@@H]2C)cc1. The van der Waals surface area contributed by atoms with Crippen molar-refractivity contribution in [2.24, 2.45) is 5.92 Å². The lowest BCUT2D eigenvalue weighted by molar-refractivity contribution is -0.136. The Hall–Kier alpha value is -2.98. The predicted octanol–water partition coefficient (Wildman–Crippen LogP) is 2.24. The standard InChI is InChI=1S/C24H35N5O5/c1-17-7-9-21(10-8-17)34-24(32)27(4)14-22-18(2)12-29(19(3)15-30)23(31)6-5-11-28-13-20(16-33-22)25-26-28/h7-10,13,18-19,22,30H,5-6,11-12,14-16H2,1-4H3/t18-,19-,22-/m0/s1. The Morgan fingerprint density at radius 3 is 2.79 bits per heavy atom. The number of aryl methyl sites for hydroxylation is 2. The van der Waals surface area contributed by atoms with Crippen molar-refractivity contribution in [2.45, 2.75) is 58.9 Å².